The van der Waals surface area contributed by atoms with Gasteiger partial charge in [-0.2, -0.15) is 10.5 Å². The van der Waals surface area contributed by atoms with E-state index in [1.54, 1.807) is 12.1 Å². The summed E-state index contributed by atoms with van der Waals surface area (Å²) in [6.07, 6.45) is 1.34. The smallest absolute Gasteiger partial charge is 0.145 e. The van der Waals surface area contributed by atoms with Crippen LogP contribution in [0.25, 0.3) is 0 Å². The molecule has 80 valence electrons. The highest BCUT2D eigenvalue weighted by atomic mass is 35.5. The molecule has 0 heterocycles. The number of aryl methyl sites for hydroxylation is 2. The summed E-state index contributed by atoms with van der Waals surface area (Å²) in [5.74, 6) is 0. The van der Waals surface area contributed by atoms with E-state index in [-0.39, 0.29) is 5.57 Å². The first kappa shape index (κ1) is 12.1. The van der Waals surface area contributed by atoms with E-state index < -0.39 is 0 Å². The van der Waals surface area contributed by atoms with Crippen LogP contribution in [0.1, 0.15) is 11.1 Å². The first-order valence-electron chi connectivity index (χ1n) is 4.62. The Morgan fingerprint density at radius 2 is 1.81 bits per heavy atom. The lowest BCUT2D eigenvalue weighted by molar-refractivity contribution is 1.33. The van der Waals surface area contributed by atoms with E-state index in [1.807, 2.05) is 26.0 Å². The fourth-order valence-corrected chi connectivity index (χ4v) is 1.40. The molecule has 3 nitrogen and oxygen atoms in total. The van der Waals surface area contributed by atoms with Gasteiger partial charge in [0.2, 0.25) is 0 Å². The molecular weight excluding hydrogens is 222 g/mol. The topological polar surface area (TPSA) is 59.6 Å². The number of hydrogen-bond acceptors (Lipinski definition) is 3. The second-order valence-corrected chi connectivity index (χ2v) is 3.75. The van der Waals surface area contributed by atoms with Crippen LogP contribution in [0.15, 0.2) is 23.9 Å². The van der Waals surface area contributed by atoms with E-state index in [1.165, 1.54) is 6.20 Å². The largest absolute Gasteiger partial charge is 0.359 e. The highest BCUT2D eigenvalue weighted by molar-refractivity contribution is 6.33. The minimum atomic E-state index is 0.00861. The number of nitriles is 2. The van der Waals surface area contributed by atoms with E-state index in [0.29, 0.717) is 10.7 Å². The van der Waals surface area contributed by atoms with Gasteiger partial charge in [-0.25, -0.2) is 0 Å². The molecule has 0 radical (unpaired) electrons. The standard InChI is InChI=1S/C12H10ClN3/c1-8-3-11(13)12(4-9(8)2)16-7-10(5-14)6-15/h3-4,7,16H,1-2H3. The van der Waals surface area contributed by atoms with Crippen molar-refractivity contribution < 1.29 is 0 Å². The van der Waals surface area contributed by atoms with Crippen molar-refractivity contribution in [1.82, 2.24) is 0 Å². The maximum atomic E-state index is 8.56. The lowest BCUT2D eigenvalue weighted by Crippen LogP contribution is -1.93. The Balaban J connectivity index is 3.01. The molecule has 0 fully saturated rings. The number of hydrogen-bond donors (Lipinski definition) is 1. The first-order chi connectivity index (χ1) is 7.58. The minimum absolute atomic E-state index is 0.00861. The van der Waals surface area contributed by atoms with E-state index in [9.17, 15) is 0 Å². The van der Waals surface area contributed by atoms with Crippen LogP contribution in [-0.2, 0) is 0 Å². The lowest BCUT2D eigenvalue weighted by Gasteiger charge is -2.07. The molecule has 16 heavy (non-hydrogen) atoms. The maximum Gasteiger partial charge on any atom is 0.145 e. The normalized spacial score (nSPS) is 8.81. The molecule has 0 aliphatic rings. The van der Waals surface area contributed by atoms with Crippen LogP contribution in [0.4, 0.5) is 5.69 Å². The molecule has 1 aromatic rings. The zero-order chi connectivity index (χ0) is 12.1. The van der Waals surface area contributed by atoms with Crippen LogP contribution in [-0.4, -0.2) is 0 Å². The Kier molecular flexibility index (Phi) is 3.94. The van der Waals surface area contributed by atoms with Gasteiger partial charge in [0.25, 0.3) is 0 Å². The molecule has 1 aromatic carbocycles. The molecule has 0 aliphatic carbocycles. The summed E-state index contributed by atoms with van der Waals surface area (Å²) in [7, 11) is 0. The highest BCUT2D eigenvalue weighted by Crippen LogP contribution is 2.25. The summed E-state index contributed by atoms with van der Waals surface area (Å²) in [5.41, 5.74) is 2.89. The third-order valence-electron chi connectivity index (χ3n) is 2.20. The van der Waals surface area contributed by atoms with Crippen LogP contribution in [0.3, 0.4) is 0 Å². The number of benzene rings is 1. The van der Waals surface area contributed by atoms with Crippen molar-refractivity contribution in [3.8, 4) is 12.1 Å². The molecule has 0 saturated carbocycles. The number of allylic oxidation sites excluding steroid dienone is 1. The second-order valence-electron chi connectivity index (χ2n) is 3.34. The number of nitrogens with one attached hydrogen (secondary N) is 1. The van der Waals surface area contributed by atoms with E-state index in [0.717, 1.165) is 11.1 Å². The molecule has 4 heteroatoms. The number of nitrogens with zero attached hydrogens (tertiary/aromatic N) is 2. The summed E-state index contributed by atoms with van der Waals surface area (Å²) in [6.45, 7) is 3.94. The van der Waals surface area contributed by atoms with E-state index in [2.05, 4.69) is 5.32 Å². The average Bonchev–Trinajstić information content (AvgIpc) is 2.26. The summed E-state index contributed by atoms with van der Waals surface area (Å²) >= 11 is 6.01. The van der Waals surface area contributed by atoms with Crippen LogP contribution in [0.2, 0.25) is 5.02 Å². The summed E-state index contributed by atoms with van der Waals surface area (Å²) < 4.78 is 0. The Bertz CT molecular complexity index is 502. The van der Waals surface area contributed by atoms with Gasteiger partial charge in [-0.05, 0) is 37.1 Å². The van der Waals surface area contributed by atoms with Crippen LogP contribution in [0.5, 0.6) is 0 Å². The van der Waals surface area contributed by atoms with Gasteiger partial charge in [0.1, 0.15) is 17.7 Å². The first-order valence-corrected chi connectivity index (χ1v) is 5.00. The van der Waals surface area contributed by atoms with Crippen LogP contribution in [0, 0.1) is 36.5 Å². The average molecular weight is 232 g/mol. The number of anilines is 1. The van der Waals surface area contributed by atoms with Crippen molar-refractivity contribution in [2.45, 2.75) is 13.8 Å². The molecule has 0 unspecified atom stereocenters. The highest BCUT2D eigenvalue weighted by Gasteiger charge is 2.02. The van der Waals surface area contributed by atoms with Crippen LogP contribution >= 0.6 is 11.6 Å². The van der Waals surface area contributed by atoms with Gasteiger partial charge in [0.05, 0.1) is 10.7 Å². The molecule has 0 aliphatic heterocycles. The van der Waals surface area contributed by atoms with Gasteiger partial charge in [0, 0.05) is 6.20 Å². The molecule has 1 N–H and O–H groups in total. The zero-order valence-corrected chi connectivity index (χ0v) is 9.76. The molecule has 0 bridgehead atoms. The van der Waals surface area contributed by atoms with Crippen molar-refractivity contribution >= 4 is 17.3 Å². The molecule has 0 saturated heterocycles. The third-order valence-corrected chi connectivity index (χ3v) is 2.51. The molecular formula is C12H10ClN3. The van der Waals surface area contributed by atoms with Gasteiger partial charge < -0.3 is 5.32 Å². The van der Waals surface area contributed by atoms with Crippen molar-refractivity contribution in [1.29, 1.82) is 10.5 Å². The Hall–Kier alpha value is -1.97. The van der Waals surface area contributed by atoms with Crippen molar-refractivity contribution in [3.05, 3.63) is 40.1 Å². The SMILES string of the molecule is Cc1cc(Cl)c(NC=C(C#N)C#N)cc1C. The number of rotatable bonds is 2. The molecule has 1 rings (SSSR count). The summed E-state index contributed by atoms with van der Waals surface area (Å²) in [5, 5.41) is 20.5. The summed E-state index contributed by atoms with van der Waals surface area (Å²) in [6, 6.07) is 7.24. The lowest BCUT2D eigenvalue weighted by atomic mass is 10.1. The Morgan fingerprint density at radius 1 is 1.25 bits per heavy atom. The predicted molar refractivity (Wildman–Crippen MR) is 63.9 cm³/mol. The van der Waals surface area contributed by atoms with E-state index >= 15 is 0 Å². The van der Waals surface area contributed by atoms with Gasteiger partial charge in [-0.15, -0.1) is 0 Å². The fourth-order valence-electron chi connectivity index (χ4n) is 1.13. The van der Waals surface area contributed by atoms with Gasteiger partial charge in [0.15, 0.2) is 0 Å². The molecule has 0 spiro atoms. The number of halogens is 1. The maximum absolute atomic E-state index is 8.56. The predicted octanol–water partition coefficient (Wildman–Crippen LogP) is 3.30. The molecule has 0 atom stereocenters. The zero-order valence-electron chi connectivity index (χ0n) is 9.00. The summed E-state index contributed by atoms with van der Waals surface area (Å²) in [4.78, 5) is 0. The van der Waals surface area contributed by atoms with Crippen molar-refractivity contribution in [2.24, 2.45) is 0 Å². The third kappa shape index (κ3) is 2.76. The van der Waals surface area contributed by atoms with E-state index in [4.69, 9.17) is 22.1 Å². The molecule has 0 aromatic heterocycles. The fraction of sp³-hybridized carbons (Fsp3) is 0.167. The van der Waals surface area contributed by atoms with Gasteiger partial charge in [-0.1, -0.05) is 11.6 Å². The monoisotopic (exact) mass is 231 g/mol. The quantitative estimate of drug-likeness (QED) is 0.795. The van der Waals surface area contributed by atoms with Crippen molar-refractivity contribution in [3.63, 3.8) is 0 Å². The second kappa shape index (κ2) is 5.21. The van der Waals surface area contributed by atoms with Gasteiger partial charge >= 0.3 is 0 Å². The Morgan fingerprint density at radius 3 is 2.38 bits per heavy atom. The van der Waals surface area contributed by atoms with Gasteiger partial charge in [-0.3, -0.25) is 0 Å². The molecule has 0 amide bonds. The van der Waals surface area contributed by atoms with Crippen LogP contribution < -0.4 is 5.32 Å². The minimum Gasteiger partial charge on any atom is -0.359 e. The Labute approximate surface area is 99.6 Å². The van der Waals surface area contributed by atoms with Crippen molar-refractivity contribution in [2.75, 3.05) is 5.32 Å².